The van der Waals surface area contributed by atoms with Gasteiger partial charge in [0.05, 0.1) is 5.69 Å². The molecule has 7 nitrogen and oxygen atoms in total. The number of rotatable bonds is 8. The largest absolute Gasteiger partial charge is 0.480 e. The number of hydrogen-bond acceptors (Lipinski definition) is 7. The first-order valence-electron chi connectivity index (χ1n) is 11.1. The predicted molar refractivity (Wildman–Crippen MR) is 135 cm³/mol. The zero-order valence-corrected chi connectivity index (χ0v) is 20.4. The molecule has 2 heterocycles. The third-order valence-electron chi connectivity index (χ3n) is 5.67. The number of aromatic nitrogens is 2. The van der Waals surface area contributed by atoms with Crippen molar-refractivity contribution in [1.29, 1.82) is 0 Å². The van der Waals surface area contributed by atoms with E-state index in [1.807, 2.05) is 12.3 Å². The van der Waals surface area contributed by atoms with E-state index in [2.05, 4.69) is 9.97 Å². The summed E-state index contributed by atoms with van der Waals surface area (Å²) in [6.45, 7) is 1.84. The van der Waals surface area contributed by atoms with Crippen LogP contribution >= 0.6 is 11.3 Å². The van der Waals surface area contributed by atoms with E-state index >= 15 is 0 Å². The number of aryl methyl sites for hydroxylation is 1. The lowest BCUT2D eigenvalue weighted by atomic mass is 9.95. The Bertz CT molecular complexity index is 1410. The van der Waals surface area contributed by atoms with E-state index in [0.717, 1.165) is 5.56 Å². The van der Waals surface area contributed by atoms with Crippen molar-refractivity contribution in [3.05, 3.63) is 82.0 Å². The fourth-order valence-electron chi connectivity index (χ4n) is 3.84. The van der Waals surface area contributed by atoms with Crippen LogP contribution in [0.2, 0.25) is 0 Å². The number of thiophene rings is 1. The number of carboxylic acids is 1. The molecule has 0 fully saturated rings. The Kier molecular flexibility index (Phi) is 7.46. The summed E-state index contributed by atoms with van der Waals surface area (Å²) in [5, 5.41) is 12.7. The first kappa shape index (κ1) is 26.1. The maximum Gasteiger partial charge on any atom is 0.429 e. The first-order chi connectivity index (χ1) is 17.5. The van der Waals surface area contributed by atoms with Crippen molar-refractivity contribution < 1.29 is 27.8 Å². The Labute approximate surface area is 214 Å². The van der Waals surface area contributed by atoms with Gasteiger partial charge in [-0.1, -0.05) is 48.5 Å². The van der Waals surface area contributed by atoms with Gasteiger partial charge in [0, 0.05) is 17.2 Å². The summed E-state index contributed by atoms with van der Waals surface area (Å²) in [6.07, 6.45) is -6.93. The molecule has 0 spiro atoms. The Morgan fingerprint density at radius 1 is 1.08 bits per heavy atom. The predicted octanol–water partition coefficient (Wildman–Crippen LogP) is 5.40. The molecule has 1 unspecified atom stereocenters. The van der Waals surface area contributed by atoms with E-state index in [1.54, 1.807) is 41.8 Å². The van der Waals surface area contributed by atoms with Crippen molar-refractivity contribution in [2.24, 2.45) is 5.73 Å². The maximum atomic E-state index is 14.3. The molecule has 2 atom stereocenters. The zero-order valence-electron chi connectivity index (χ0n) is 19.6. The molecule has 5 N–H and O–H groups in total. The highest BCUT2D eigenvalue weighted by Gasteiger charge is 2.44. The van der Waals surface area contributed by atoms with Crippen molar-refractivity contribution in [1.82, 2.24) is 9.97 Å². The van der Waals surface area contributed by atoms with Crippen LogP contribution in [0, 0.1) is 6.92 Å². The number of benzene rings is 2. The topological polar surface area (TPSA) is 124 Å². The van der Waals surface area contributed by atoms with Gasteiger partial charge in [0.1, 0.15) is 6.04 Å². The highest BCUT2D eigenvalue weighted by Crippen LogP contribution is 2.42. The molecule has 0 aliphatic heterocycles. The molecule has 192 valence electrons. The van der Waals surface area contributed by atoms with Gasteiger partial charge in [0.25, 0.3) is 0 Å². The van der Waals surface area contributed by atoms with Crippen molar-refractivity contribution in [2.75, 3.05) is 5.73 Å². The summed E-state index contributed by atoms with van der Waals surface area (Å²) in [6, 6.07) is 13.1. The molecular formula is C26H23F3N4O3S. The van der Waals surface area contributed by atoms with Crippen LogP contribution < -0.4 is 16.2 Å². The molecular weight excluding hydrogens is 505 g/mol. The summed E-state index contributed by atoms with van der Waals surface area (Å²) in [5.74, 6) is -1.71. The number of carboxylic acid groups (broad SMARTS) is 1. The number of carbonyl (C=O) groups is 1. The van der Waals surface area contributed by atoms with E-state index in [9.17, 15) is 18.0 Å². The van der Waals surface area contributed by atoms with E-state index < -0.39 is 24.3 Å². The van der Waals surface area contributed by atoms with Crippen LogP contribution in [0.15, 0.2) is 65.4 Å². The lowest BCUT2D eigenvalue weighted by molar-refractivity contribution is -0.198. The van der Waals surface area contributed by atoms with Gasteiger partial charge in [-0.2, -0.15) is 29.5 Å². The maximum absolute atomic E-state index is 14.3. The number of nitrogen functional groups attached to an aromatic ring is 1. The summed E-state index contributed by atoms with van der Waals surface area (Å²) in [5.41, 5.74) is 14.8. The molecule has 0 aliphatic rings. The third-order valence-corrected chi connectivity index (χ3v) is 6.53. The lowest BCUT2D eigenvalue weighted by Gasteiger charge is -2.24. The highest BCUT2D eigenvalue weighted by atomic mass is 32.1. The van der Waals surface area contributed by atoms with E-state index in [0.29, 0.717) is 22.3 Å². The Morgan fingerprint density at radius 2 is 1.78 bits per heavy atom. The van der Waals surface area contributed by atoms with E-state index in [4.69, 9.17) is 21.3 Å². The number of aliphatic carboxylic acids is 1. The summed E-state index contributed by atoms with van der Waals surface area (Å²) in [4.78, 5) is 19.0. The van der Waals surface area contributed by atoms with E-state index in [1.165, 1.54) is 29.5 Å². The van der Waals surface area contributed by atoms with Crippen LogP contribution in [0.4, 0.5) is 19.1 Å². The number of nitrogens with two attached hydrogens (primary N) is 2. The average molecular weight is 529 g/mol. The first-order valence-corrected chi connectivity index (χ1v) is 12.0. The summed E-state index contributed by atoms with van der Waals surface area (Å²) < 4.78 is 48.3. The smallest absolute Gasteiger partial charge is 0.429 e. The lowest BCUT2D eigenvalue weighted by Crippen LogP contribution is -2.32. The van der Waals surface area contributed by atoms with Gasteiger partial charge in [-0.05, 0) is 46.4 Å². The van der Waals surface area contributed by atoms with Gasteiger partial charge in [0.2, 0.25) is 17.9 Å². The van der Waals surface area contributed by atoms with Crippen molar-refractivity contribution in [3.63, 3.8) is 0 Å². The fourth-order valence-corrected chi connectivity index (χ4v) is 4.69. The molecule has 4 rings (SSSR count). The monoisotopic (exact) mass is 528 g/mol. The number of anilines is 1. The van der Waals surface area contributed by atoms with E-state index in [-0.39, 0.29) is 29.5 Å². The Hall–Kier alpha value is -3.96. The minimum Gasteiger partial charge on any atom is -0.480 e. The molecule has 2 aromatic heterocycles. The van der Waals surface area contributed by atoms with Crippen LogP contribution in [0.25, 0.3) is 22.4 Å². The van der Waals surface area contributed by atoms with Crippen LogP contribution in [0.1, 0.15) is 22.8 Å². The normalized spacial score (nSPS) is 13.2. The van der Waals surface area contributed by atoms with Gasteiger partial charge in [0.15, 0.2) is 0 Å². The van der Waals surface area contributed by atoms with Gasteiger partial charge in [-0.15, -0.1) is 0 Å². The van der Waals surface area contributed by atoms with Crippen LogP contribution in [-0.4, -0.2) is 33.3 Å². The average Bonchev–Trinajstić information content (AvgIpc) is 3.27. The van der Waals surface area contributed by atoms with Gasteiger partial charge >= 0.3 is 12.1 Å². The second-order valence-electron chi connectivity index (χ2n) is 8.39. The zero-order chi connectivity index (χ0) is 26.7. The number of halogens is 3. The molecule has 11 heteroatoms. The number of nitrogens with zero attached hydrogens (tertiary/aromatic N) is 2. The highest BCUT2D eigenvalue weighted by molar-refractivity contribution is 7.08. The Balaban J connectivity index is 1.67. The third kappa shape index (κ3) is 6.07. The van der Waals surface area contributed by atoms with Gasteiger partial charge in [-0.3, -0.25) is 4.79 Å². The van der Waals surface area contributed by atoms with Crippen molar-refractivity contribution in [2.45, 2.75) is 31.7 Å². The Morgan fingerprint density at radius 3 is 2.41 bits per heavy atom. The van der Waals surface area contributed by atoms with Crippen LogP contribution in [0.5, 0.6) is 5.88 Å². The quantitative estimate of drug-likeness (QED) is 0.280. The fraction of sp³-hybridized carbons (Fsp3) is 0.192. The second-order valence-corrected chi connectivity index (χ2v) is 9.13. The molecule has 0 amide bonds. The number of hydrogen-bond donors (Lipinski definition) is 3. The SMILES string of the molecule is Cc1cscc1-c1ccccc1[C@H](Oc1cc(-c2ccc(CC(N)C(=O)O)cc2)nc(N)n1)C(F)(F)F. The molecule has 37 heavy (non-hydrogen) atoms. The van der Waals surface area contributed by atoms with Crippen molar-refractivity contribution >= 4 is 23.3 Å². The molecule has 2 aromatic carbocycles. The summed E-state index contributed by atoms with van der Waals surface area (Å²) in [7, 11) is 0. The molecule has 0 aliphatic carbocycles. The molecule has 0 saturated carbocycles. The minimum atomic E-state index is -4.75. The molecule has 0 radical (unpaired) electrons. The van der Waals surface area contributed by atoms with Gasteiger partial charge < -0.3 is 21.3 Å². The molecule has 4 aromatic rings. The van der Waals surface area contributed by atoms with Crippen LogP contribution in [-0.2, 0) is 11.2 Å². The molecule has 0 saturated heterocycles. The molecule has 0 bridgehead atoms. The minimum absolute atomic E-state index is 0.0469. The van der Waals surface area contributed by atoms with Gasteiger partial charge in [-0.25, -0.2) is 4.98 Å². The summed E-state index contributed by atoms with van der Waals surface area (Å²) >= 11 is 1.40. The second kappa shape index (κ2) is 10.6. The van der Waals surface area contributed by atoms with Crippen LogP contribution in [0.3, 0.4) is 0 Å². The van der Waals surface area contributed by atoms with Crippen molar-refractivity contribution in [3.8, 4) is 28.3 Å². The number of ether oxygens (including phenoxy) is 1. The standard InChI is InChI=1S/C26H23F3N4O3S/c1-14-12-37-13-19(14)17-4-2-3-5-18(17)23(26(27,28)29)36-22-11-21(32-25(31)33-22)16-8-6-15(7-9-16)10-20(30)24(34)35/h2-9,11-13,20,23H,10,30H2,1H3,(H,34,35)(H2,31,32,33)/t20?,23-/m0/s1. The number of alkyl halides is 3.